The third kappa shape index (κ3) is 4.43. The molecule has 0 aliphatic carbocycles. The fourth-order valence-electron chi connectivity index (χ4n) is 1.59. The molecule has 0 unspecified atom stereocenters. The summed E-state index contributed by atoms with van der Waals surface area (Å²) in [6, 6.07) is 7.03. The molecule has 0 fully saturated rings. The van der Waals surface area contributed by atoms with Gasteiger partial charge in [0.25, 0.3) is 0 Å². The molecule has 0 aromatic heterocycles. The van der Waals surface area contributed by atoms with Crippen molar-refractivity contribution in [2.75, 3.05) is 6.54 Å². The highest BCUT2D eigenvalue weighted by molar-refractivity contribution is 5.19. The molecule has 0 spiro atoms. The van der Waals surface area contributed by atoms with E-state index in [1.54, 1.807) is 12.1 Å². The highest BCUT2D eigenvalue weighted by Gasteiger charge is 2.04. The van der Waals surface area contributed by atoms with Gasteiger partial charge in [0.05, 0.1) is 0 Å². The molecule has 1 rings (SSSR count). The van der Waals surface area contributed by atoms with Gasteiger partial charge in [-0.15, -0.1) is 0 Å². The van der Waals surface area contributed by atoms with Crippen LogP contribution in [-0.4, -0.2) is 6.54 Å². The maximum Gasteiger partial charge on any atom is 0.123 e. The van der Waals surface area contributed by atoms with Crippen LogP contribution < -0.4 is 5.32 Å². The molecular formula is C13H20FN. The zero-order valence-corrected chi connectivity index (χ0v) is 9.59. The summed E-state index contributed by atoms with van der Waals surface area (Å²) in [4.78, 5) is 0. The summed E-state index contributed by atoms with van der Waals surface area (Å²) in [7, 11) is 0. The van der Waals surface area contributed by atoms with Gasteiger partial charge in [-0.1, -0.05) is 31.9 Å². The van der Waals surface area contributed by atoms with Gasteiger partial charge >= 0.3 is 0 Å². The van der Waals surface area contributed by atoms with Gasteiger partial charge in [-0.05, 0) is 37.6 Å². The lowest BCUT2D eigenvalue weighted by Crippen LogP contribution is -2.19. The van der Waals surface area contributed by atoms with Crippen molar-refractivity contribution < 1.29 is 4.39 Å². The quantitative estimate of drug-likeness (QED) is 0.705. The van der Waals surface area contributed by atoms with Gasteiger partial charge in [-0.3, -0.25) is 0 Å². The molecule has 0 amide bonds. The van der Waals surface area contributed by atoms with Crippen LogP contribution in [0.3, 0.4) is 0 Å². The van der Waals surface area contributed by atoms with Crippen LogP contribution in [0, 0.1) is 5.82 Å². The molecule has 0 bridgehead atoms. The van der Waals surface area contributed by atoms with Crippen LogP contribution in [-0.2, 0) is 0 Å². The molecule has 0 radical (unpaired) electrons. The fraction of sp³-hybridized carbons (Fsp3) is 0.538. The van der Waals surface area contributed by atoms with E-state index < -0.39 is 0 Å². The minimum atomic E-state index is -0.158. The normalized spacial score (nSPS) is 12.7. The molecule has 0 heterocycles. The maximum absolute atomic E-state index is 12.9. The van der Waals surface area contributed by atoms with E-state index in [9.17, 15) is 4.39 Å². The van der Waals surface area contributed by atoms with Crippen molar-refractivity contribution in [3.63, 3.8) is 0 Å². The lowest BCUT2D eigenvalue weighted by atomic mass is 10.1. The average Bonchev–Trinajstić information content (AvgIpc) is 2.24. The first-order valence-electron chi connectivity index (χ1n) is 5.73. The summed E-state index contributed by atoms with van der Waals surface area (Å²) < 4.78 is 12.9. The Morgan fingerprint density at radius 3 is 2.80 bits per heavy atom. The second-order valence-corrected chi connectivity index (χ2v) is 3.94. The van der Waals surface area contributed by atoms with Gasteiger partial charge < -0.3 is 5.32 Å². The van der Waals surface area contributed by atoms with Gasteiger partial charge in [0.1, 0.15) is 5.82 Å². The molecule has 15 heavy (non-hydrogen) atoms. The third-order valence-electron chi connectivity index (χ3n) is 2.58. The standard InChI is InChI=1S/C13H20FN/c1-3-4-5-9-15-11(2)12-7-6-8-13(14)10-12/h6-8,10-11,15H,3-5,9H2,1-2H3/t11-/m1/s1. The highest BCUT2D eigenvalue weighted by Crippen LogP contribution is 2.13. The van der Waals surface area contributed by atoms with Gasteiger partial charge in [-0.2, -0.15) is 0 Å². The molecule has 1 aromatic carbocycles. The summed E-state index contributed by atoms with van der Waals surface area (Å²) in [5.74, 6) is -0.158. The summed E-state index contributed by atoms with van der Waals surface area (Å²) in [5, 5.41) is 3.39. The number of benzene rings is 1. The Labute approximate surface area is 91.7 Å². The van der Waals surface area contributed by atoms with Crippen molar-refractivity contribution in [1.82, 2.24) is 5.32 Å². The Bertz CT molecular complexity index is 286. The summed E-state index contributed by atoms with van der Waals surface area (Å²) in [5.41, 5.74) is 1.02. The van der Waals surface area contributed by atoms with E-state index in [1.165, 1.54) is 25.3 Å². The molecule has 84 valence electrons. The van der Waals surface area contributed by atoms with Crippen LogP contribution in [0.15, 0.2) is 24.3 Å². The highest BCUT2D eigenvalue weighted by atomic mass is 19.1. The first-order chi connectivity index (χ1) is 7.24. The van der Waals surface area contributed by atoms with Crippen molar-refractivity contribution in [2.45, 2.75) is 39.2 Å². The van der Waals surface area contributed by atoms with E-state index in [2.05, 4.69) is 19.2 Å². The topological polar surface area (TPSA) is 12.0 Å². The number of hydrogen-bond acceptors (Lipinski definition) is 1. The Morgan fingerprint density at radius 1 is 1.33 bits per heavy atom. The molecule has 1 nitrogen and oxygen atoms in total. The monoisotopic (exact) mass is 209 g/mol. The minimum absolute atomic E-state index is 0.158. The first-order valence-corrected chi connectivity index (χ1v) is 5.73. The summed E-state index contributed by atoms with van der Waals surface area (Å²) in [6.07, 6.45) is 3.68. The van der Waals surface area contributed by atoms with Crippen LogP contribution in [0.1, 0.15) is 44.7 Å². The lowest BCUT2D eigenvalue weighted by molar-refractivity contribution is 0.539. The minimum Gasteiger partial charge on any atom is -0.310 e. The predicted octanol–water partition coefficient (Wildman–Crippen LogP) is 3.67. The van der Waals surface area contributed by atoms with Crippen molar-refractivity contribution >= 4 is 0 Å². The van der Waals surface area contributed by atoms with Crippen LogP contribution in [0.2, 0.25) is 0 Å². The SMILES string of the molecule is CCCCCN[C@H](C)c1cccc(F)c1. The Morgan fingerprint density at radius 2 is 2.13 bits per heavy atom. The zero-order valence-electron chi connectivity index (χ0n) is 9.59. The van der Waals surface area contributed by atoms with Gasteiger partial charge in [0.15, 0.2) is 0 Å². The predicted molar refractivity (Wildman–Crippen MR) is 62.3 cm³/mol. The van der Waals surface area contributed by atoms with E-state index in [0.29, 0.717) is 0 Å². The number of halogens is 1. The second kappa shape index (κ2) is 6.57. The number of nitrogens with one attached hydrogen (secondary N) is 1. The number of rotatable bonds is 6. The van der Waals surface area contributed by atoms with E-state index in [-0.39, 0.29) is 11.9 Å². The van der Waals surface area contributed by atoms with E-state index in [1.807, 2.05) is 6.07 Å². The molecule has 1 atom stereocenters. The molecule has 0 saturated carbocycles. The molecule has 0 saturated heterocycles. The van der Waals surface area contributed by atoms with Crippen molar-refractivity contribution in [2.24, 2.45) is 0 Å². The zero-order chi connectivity index (χ0) is 11.1. The van der Waals surface area contributed by atoms with E-state index in [0.717, 1.165) is 12.1 Å². The molecule has 0 aliphatic heterocycles. The van der Waals surface area contributed by atoms with E-state index in [4.69, 9.17) is 0 Å². The Balaban J connectivity index is 2.36. The van der Waals surface area contributed by atoms with Crippen LogP contribution in [0.5, 0.6) is 0 Å². The van der Waals surface area contributed by atoms with Crippen LogP contribution in [0.25, 0.3) is 0 Å². The summed E-state index contributed by atoms with van der Waals surface area (Å²) >= 11 is 0. The summed E-state index contributed by atoms with van der Waals surface area (Å²) in [6.45, 7) is 5.27. The van der Waals surface area contributed by atoms with Crippen molar-refractivity contribution in [3.05, 3.63) is 35.6 Å². The fourth-order valence-corrected chi connectivity index (χ4v) is 1.59. The lowest BCUT2D eigenvalue weighted by Gasteiger charge is -2.13. The molecule has 2 heteroatoms. The smallest absolute Gasteiger partial charge is 0.123 e. The van der Waals surface area contributed by atoms with E-state index >= 15 is 0 Å². The second-order valence-electron chi connectivity index (χ2n) is 3.94. The first kappa shape index (κ1) is 12.2. The van der Waals surface area contributed by atoms with Crippen LogP contribution in [0.4, 0.5) is 4.39 Å². The van der Waals surface area contributed by atoms with Crippen LogP contribution >= 0.6 is 0 Å². The third-order valence-corrected chi connectivity index (χ3v) is 2.58. The average molecular weight is 209 g/mol. The van der Waals surface area contributed by atoms with Gasteiger partial charge in [0, 0.05) is 6.04 Å². The largest absolute Gasteiger partial charge is 0.310 e. The van der Waals surface area contributed by atoms with Crippen molar-refractivity contribution in [3.8, 4) is 0 Å². The maximum atomic E-state index is 12.9. The Hall–Kier alpha value is -0.890. The van der Waals surface area contributed by atoms with Crippen molar-refractivity contribution in [1.29, 1.82) is 0 Å². The number of unbranched alkanes of at least 4 members (excludes halogenated alkanes) is 2. The van der Waals surface area contributed by atoms with Gasteiger partial charge in [-0.25, -0.2) is 4.39 Å². The molecule has 1 N–H and O–H groups in total. The molecule has 1 aromatic rings. The van der Waals surface area contributed by atoms with Gasteiger partial charge in [0.2, 0.25) is 0 Å². The molecular weight excluding hydrogens is 189 g/mol. The number of hydrogen-bond donors (Lipinski definition) is 1. The Kier molecular flexibility index (Phi) is 5.33. The molecule has 0 aliphatic rings.